The van der Waals surface area contributed by atoms with Crippen molar-refractivity contribution in [3.05, 3.63) is 45.6 Å². The van der Waals surface area contributed by atoms with Gasteiger partial charge >= 0.3 is 16.8 Å². The van der Waals surface area contributed by atoms with E-state index in [0.29, 0.717) is 11.8 Å². The van der Waals surface area contributed by atoms with Crippen LogP contribution in [0.25, 0.3) is 0 Å². The van der Waals surface area contributed by atoms with Crippen LogP contribution in [-0.4, -0.2) is 6.79 Å². The van der Waals surface area contributed by atoms with Gasteiger partial charge in [-0.25, -0.2) is 11.1 Å². The number of hydrogen-bond acceptors (Lipinski definition) is 1. The van der Waals surface area contributed by atoms with Crippen molar-refractivity contribution >= 4 is 6.79 Å². The molecule has 0 aromatic heterocycles. The Hall–Kier alpha value is -0.864. The first-order valence-electron chi connectivity index (χ1n) is 7.05. The van der Waals surface area contributed by atoms with E-state index in [1.807, 2.05) is 0 Å². The van der Waals surface area contributed by atoms with Gasteiger partial charge in [-0.1, -0.05) is 53.4 Å². The molecular weight excluding hydrogens is 303 g/mol. The summed E-state index contributed by atoms with van der Waals surface area (Å²) in [6.45, 7) is 20.6. The normalized spacial score (nSPS) is 23.4. The summed E-state index contributed by atoms with van der Waals surface area (Å²) in [5.74, 6) is 1.12. The maximum absolute atomic E-state index is 7.75. The third kappa shape index (κ3) is 5.80. The maximum Gasteiger partial charge on any atom is 3.00 e. The Morgan fingerprint density at radius 3 is 1.00 bits per heavy atom. The zero-order valence-electron chi connectivity index (χ0n) is 14.5. The third-order valence-corrected chi connectivity index (χ3v) is 4.47. The smallest absolute Gasteiger partial charge is 0.545 e. The molecule has 0 saturated heterocycles. The molecule has 0 spiro atoms. The topological polar surface area (TPSA) is 17.1 Å². The van der Waals surface area contributed by atoms with Crippen molar-refractivity contribution in [3.8, 4) is 0 Å². The van der Waals surface area contributed by atoms with E-state index < -0.39 is 0 Å². The molecule has 0 aliphatic heterocycles. The average molecular weight is 330 g/mol. The van der Waals surface area contributed by atoms with Crippen LogP contribution in [0.3, 0.4) is 0 Å². The quantitative estimate of drug-likeness (QED) is 0.442. The molecular formula is C19H27CoO. The number of rotatable bonds is 0. The van der Waals surface area contributed by atoms with Crippen LogP contribution < -0.4 is 0 Å². The Bertz CT molecular complexity index is 434. The summed E-state index contributed by atoms with van der Waals surface area (Å²) < 4.78 is 0. The number of carbonyl (C=O) groups excluding carboxylic acids is 1. The molecule has 2 aliphatic rings. The van der Waals surface area contributed by atoms with Crippen LogP contribution in [0, 0.1) is 24.0 Å². The summed E-state index contributed by atoms with van der Waals surface area (Å²) in [4.78, 5) is 7.75. The molecule has 1 nitrogen and oxygen atoms in total. The Morgan fingerprint density at radius 1 is 0.714 bits per heavy atom. The van der Waals surface area contributed by atoms with E-state index in [1.165, 1.54) is 33.4 Å². The molecule has 0 heterocycles. The largest absolute Gasteiger partial charge is 3.00 e. The molecule has 0 amide bonds. The zero-order chi connectivity index (χ0) is 16.0. The minimum atomic E-state index is 0. The van der Waals surface area contributed by atoms with E-state index in [2.05, 4.69) is 74.3 Å². The molecule has 0 aromatic rings. The second-order valence-corrected chi connectivity index (χ2v) is 5.60. The molecule has 2 atom stereocenters. The third-order valence-electron chi connectivity index (χ3n) is 4.47. The van der Waals surface area contributed by atoms with Gasteiger partial charge in [-0.05, 0) is 0 Å². The van der Waals surface area contributed by atoms with Crippen LogP contribution in [-0.2, 0) is 21.6 Å². The molecule has 118 valence electrons. The molecule has 0 saturated carbocycles. The molecule has 2 heteroatoms. The predicted octanol–water partition coefficient (Wildman–Crippen LogP) is 5.17. The zero-order valence-corrected chi connectivity index (χ0v) is 15.5. The van der Waals surface area contributed by atoms with Crippen molar-refractivity contribution < 1.29 is 21.6 Å². The second-order valence-electron chi connectivity index (χ2n) is 5.60. The summed E-state index contributed by atoms with van der Waals surface area (Å²) >= 11 is 0. The molecule has 0 radical (unpaired) electrons. The molecule has 2 unspecified atom stereocenters. The van der Waals surface area contributed by atoms with Gasteiger partial charge in [0.1, 0.15) is 0 Å². The van der Waals surface area contributed by atoms with E-state index in [1.54, 1.807) is 0 Å². The Kier molecular flexibility index (Phi) is 10.6. The molecule has 0 aromatic carbocycles. The minimum Gasteiger partial charge on any atom is -0.545 e. The maximum atomic E-state index is 7.75. The Labute approximate surface area is 141 Å². The van der Waals surface area contributed by atoms with Gasteiger partial charge in [0.15, 0.2) is 0 Å². The van der Waals surface area contributed by atoms with Crippen LogP contribution >= 0.6 is 0 Å². The first-order chi connectivity index (χ1) is 9.25. The van der Waals surface area contributed by atoms with Gasteiger partial charge in [-0.3, -0.25) is 18.9 Å². The fraction of sp³-hybridized carbons (Fsp3) is 0.526. The van der Waals surface area contributed by atoms with Crippen molar-refractivity contribution in [2.24, 2.45) is 11.8 Å². The van der Waals surface area contributed by atoms with Gasteiger partial charge < -0.3 is 4.79 Å². The molecule has 21 heavy (non-hydrogen) atoms. The van der Waals surface area contributed by atoms with Crippen LogP contribution in [0.5, 0.6) is 0 Å². The summed E-state index contributed by atoms with van der Waals surface area (Å²) in [6, 6.07) is 0. The van der Waals surface area contributed by atoms with Crippen molar-refractivity contribution in [2.75, 3.05) is 0 Å². The van der Waals surface area contributed by atoms with E-state index >= 15 is 0 Å². The number of hydrogen-bond donors (Lipinski definition) is 0. The van der Waals surface area contributed by atoms with Gasteiger partial charge in [0.2, 0.25) is 0 Å². The molecule has 0 fully saturated rings. The van der Waals surface area contributed by atoms with Crippen LogP contribution in [0.1, 0.15) is 55.4 Å². The van der Waals surface area contributed by atoms with Crippen LogP contribution in [0.2, 0.25) is 0 Å². The van der Waals surface area contributed by atoms with Crippen molar-refractivity contribution in [2.45, 2.75) is 55.4 Å². The van der Waals surface area contributed by atoms with Gasteiger partial charge in [0.25, 0.3) is 0 Å². The van der Waals surface area contributed by atoms with Gasteiger partial charge in [0.05, 0.1) is 0 Å². The minimum absolute atomic E-state index is 0. The average Bonchev–Trinajstić information content (AvgIpc) is 2.78. The van der Waals surface area contributed by atoms with Crippen LogP contribution in [0.15, 0.2) is 33.4 Å². The van der Waals surface area contributed by atoms with E-state index in [-0.39, 0.29) is 16.8 Å². The number of allylic oxidation sites excluding steroid dienone is 8. The van der Waals surface area contributed by atoms with Gasteiger partial charge in [0, 0.05) is 0 Å². The van der Waals surface area contributed by atoms with Crippen molar-refractivity contribution in [1.29, 1.82) is 0 Å². The monoisotopic (exact) mass is 330 g/mol. The van der Waals surface area contributed by atoms with Gasteiger partial charge in [-0.15, -0.1) is 13.8 Å². The van der Waals surface area contributed by atoms with E-state index in [4.69, 9.17) is 4.79 Å². The summed E-state index contributed by atoms with van der Waals surface area (Å²) in [5, 5.41) is 0. The van der Waals surface area contributed by atoms with Crippen molar-refractivity contribution in [1.82, 2.24) is 0 Å². The Balaban J connectivity index is 0. The predicted molar refractivity (Wildman–Crippen MR) is 86.7 cm³/mol. The first kappa shape index (κ1) is 22.4. The summed E-state index contributed by atoms with van der Waals surface area (Å²) in [6.07, 6.45) is 6.72. The van der Waals surface area contributed by atoms with Gasteiger partial charge in [-0.2, -0.15) is 22.3 Å². The first-order valence-corrected chi connectivity index (χ1v) is 7.05. The molecule has 2 rings (SSSR count). The summed E-state index contributed by atoms with van der Waals surface area (Å²) in [7, 11) is 0. The molecule has 0 bridgehead atoms. The van der Waals surface area contributed by atoms with Crippen LogP contribution in [0.4, 0.5) is 0 Å². The molecule has 2 aliphatic carbocycles. The standard InChI is InChI=1S/2C9H13.CHO.Co/c2*1-6-5-7(2)9(4)8(6)3;1-2;/h2*6H,1-4H3;1H;/q3*-1;+3. The van der Waals surface area contributed by atoms with E-state index in [0.717, 1.165) is 0 Å². The fourth-order valence-electron chi connectivity index (χ4n) is 2.32. The molecule has 0 N–H and O–H groups in total. The van der Waals surface area contributed by atoms with Crippen molar-refractivity contribution in [3.63, 3.8) is 0 Å². The fourth-order valence-corrected chi connectivity index (χ4v) is 2.32. The Morgan fingerprint density at radius 2 is 0.952 bits per heavy atom. The second kappa shape index (κ2) is 9.96. The summed E-state index contributed by atoms with van der Waals surface area (Å²) in [5.41, 5.74) is 8.49. The van der Waals surface area contributed by atoms with E-state index in [9.17, 15) is 0 Å². The SMILES string of the molecule is CC1=[C-]C(C)C(C)=C1C.CC1=[C-]C(C)C(C)=C1C.[CH-]=O.[Co+3].